The van der Waals surface area contributed by atoms with Crippen molar-refractivity contribution in [3.8, 4) is 5.75 Å². The molecule has 20 heavy (non-hydrogen) atoms. The molecule has 0 radical (unpaired) electrons. The standard InChI is InChI=1S/C13H15N3O2S.ClH/c1-18-8-4-5-9-11(7-8)19-13(15-9)16-12(17)10-3-2-6-14-10;/h4-5,7,10,14H,2-3,6H2,1H3,(H,15,16,17);1H. The number of thiazole rings is 1. The molecule has 1 unspecified atom stereocenters. The molecular formula is C13H16ClN3O2S. The van der Waals surface area contributed by atoms with E-state index in [2.05, 4.69) is 15.6 Å². The average molecular weight is 314 g/mol. The summed E-state index contributed by atoms with van der Waals surface area (Å²) < 4.78 is 6.18. The van der Waals surface area contributed by atoms with Gasteiger partial charge in [-0.3, -0.25) is 4.79 Å². The third kappa shape index (κ3) is 3.03. The second-order valence-electron chi connectivity index (χ2n) is 4.49. The normalized spacial score (nSPS) is 17.8. The summed E-state index contributed by atoms with van der Waals surface area (Å²) in [7, 11) is 1.64. The monoisotopic (exact) mass is 313 g/mol. The Hall–Kier alpha value is -1.37. The van der Waals surface area contributed by atoms with Gasteiger partial charge >= 0.3 is 0 Å². The molecule has 1 fully saturated rings. The van der Waals surface area contributed by atoms with E-state index in [1.165, 1.54) is 11.3 Å². The maximum absolute atomic E-state index is 12.0. The summed E-state index contributed by atoms with van der Waals surface area (Å²) in [6.07, 6.45) is 1.94. The van der Waals surface area contributed by atoms with Crippen LogP contribution in [-0.2, 0) is 4.79 Å². The van der Waals surface area contributed by atoms with E-state index in [1.54, 1.807) is 7.11 Å². The van der Waals surface area contributed by atoms with Gasteiger partial charge in [0.2, 0.25) is 5.91 Å². The lowest BCUT2D eigenvalue weighted by atomic mass is 10.2. The second kappa shape index (κ2) is 6.39. The van der Waals surface area contributed by atoms with E-state index in [0.29, 0.717) is 5.13 Å². The van der Waals surface area contributed by atoms with Crippen molar-refractivity contribution >= 4 is 45.0 Å². The molecule has 0 spiro atoms. The quantitative estimate of drug-likeness (QED) is 0.913. The van der Waals surface area contributed by atoms with Gasteiger partial charge in [-0.05, 0) is 37.6 Å². The summed E-state index contributed by atoms with van der Waals surface area (Å²) in [4.78, 5) is 16.4. The number of nitrogens with zero attached hydrogens (tertiary/aromatic N) is 1. The zero-order valence-electron chi connectivity index (χ0n) is 11.0. The van der Waals surface area contributed by atoms with Gasteiger partial charge in [0.05, 0.1) is 23.4 Å². The molecule has 2 aromatic rings. The highest BCUT2D eigenvalue weighted by Gasteiger charge is 2.22. The predicted octanol–water partition coefficient (Wildman–Crippen LogP) is 2.42. The predicted molar refractivity (Wildman–Crippen MR) is 83.1 cm³/mol. The Morgan fingerprint density at radius 1 is 1.55 bits per heavy atom. The first kappa shape index (κ1) is 15.0. The summed E-state index contributed by atoms with van der Waals surface area (Å²) >= 11 is 1.46. The first-order chi connectivity index (χ1) is 9.26. The van der Waals surface area contributed by atoms with Crippen LogP contribution in [-0.4, -0.2) is 30.6 Å². The molecule has 2 heterocycles. The average Bonchev–Trinajstić information content (AvgIpc) is 3.06. The highest BCUT2D eigenvalue weighted by molar-refractivity contribution is 7.22. The Kier molecular flexibility index (Phi) is 4.80. The number of carbonyl (C=O) groups excluding carboxylic acids is 1. The van der Waals surface area contributed by atoms with Crippen LogP contribution in [0.25, 0.3) is 10.2 Å². The molecule has 1 aliphatic heterocycles. The van der Waals surface area contributed by atoms with E-state index in [9.17, 15) is 4.79 Å². The van der Waals surface area contributed by atoms with Crippen LogP contribution in [0.4, 0.5) is 5.13 Å². The summed E-state index contributed by atoms with van der Waals surface area (Å²) in [5.41, 5.74) is 0.875. The van der Waals surface area contributed by atoms with Crippen LogP contribution in [0.15, 0.2) is 18.2 Å². The van der Waals surface area contributed by atoms with E-state index < -0.39 is 0 Å². The molecule has 1 atom stereocenters. The molecule has 1 aromatic carbocycles. The molecule has 7 heteroatoms. The molecule has 1 amide bonds. The van der Waals surface area contributed by atoms with Gasteiger partial charge in [-0.25, -0.2) is 4.98 Å². The van der Waals surface area contributed by atoms with Crippen molar-refractivity contribution in [3.63, 3.8) is 0 Å². The minimum absolute atomic E-state index is 0. The van der Waals surface area contributed by atoms with Gasteiger partial charge in [0, 0.05) is 0 Å². The van der Waals surface area contributed by atoms with Crippen molar-refractivity contribution < 1.29 is 9.53 Å². The van der Waals surface area contributed by atoms with Crippen molar-refractivity contribution in [2.45, 2.75) is 18.9 Å². The molecule has 0 aliphatic carbocycles. The Morgan fingerprint density at radius 3 is 3.10 bits per heavy atom. The number of carbonyl (C=O) groups is 1. The summed E-state index contributed by atoms with van der Waals surface area (Å²) in [6.45, 7) is 0.912. The first-order valence-electron chi connectivity index (χ1n) is 6.25. The number of anilines is 1. The van der Waals surface area contributed by atoms with Crippen LogP contribution < -0.4 is 15.4 Å². The highest BCUT2D eigenvalue weighted by Crippen LogP contribution is 2.29. The third-order valence-electron chi connectivity index (χ3n) is 3.20. The third-order valence-corrected chi connectivity index (χ3v) is 4.14. The minimum Gasteiger partial charge on any atom is -0.497 e. The molecule has 1 aromatic heterocycles. The first-order valence-corrected chi connectivity index (χ1v) is 7.07. The largest absolute Gasteiger partial charge is 0.497 e. The van der Waals surface area contributed by atoms with Gasteiger partial charge in [-0.1, -0.05) is 11.3 Å². The molecule has 3 rings (SSSR count). The summed E-state index contributed by atoms with van der Waals surface area (Å²) in [5.74, 6) is 0.801. The molecule has 2 N–H and O–H groups in total. The maximum Gasteiger partial charge on any atom is 0.243 e. The molecule has 1 aliphatic rings. The number of halogens is 1. The van der Waals surface area contributed by atoms with Gasteiger partial charge in [-0.15, -0.1) is 12.4 Å². The van der Waals surface area contributed by atoms with Crippen molar-refractivity contribution in [3.05, 3.63) is 18.2 Å². The zero-order chi connectivity index (χ0) is 13.2. The number of hydrogen-bond acceptors (Lipinski definition) is 5. The Morgan fingerprint density at radius 2 is 2.40 bits per heavy atom. The van der Waals surface area contributed by atoms with Crippen molar-refractivity contribution in [2.24, 2.45) is 0 Å². The number of ether oxygens (including phenoxy) is 1. The number of benzene rings is 1. The fourth-order valence-corrected chi connectivity index (χ4v) is 3.08. The molecule has 1 saturated heterocycles. The van der Waals surface area contributed by atoms with Gasteiger partial charge in [-0.2, -0.15) is 0 Å². The number of nitrogens with one attached hydrogen (secondary N) is 2. The molecule has 5 nitrogen and oxygen atoms in total. The zero-order valence-corrected chi connectivity index (χ0v) is 12.6. The number of methoxy groups -OCH3 is 1. The lowest BCUT2D eigenvalue weighted by molar-refractivity contribution is -0.117. The highest BCUT2D eigenvalue weighted by atomic mass is 35.5. The number of fused-ring (bicyclic) bond motifs is 1. The number of amides is 1. The van der Waals surface area contributed by atoms with Gasteiger partial charge in [0.15, 0.2) is 5.13 Å². The van der Waals surface area contributed by atoms with E-state index in [1.807, 2.05) is 18.2 Å². The SMILES string of the molecule is COc1ccc2nc(NC(=O)C3CCCN3)sc2c1.Cl. The van der Waals surface area contributed by atoms with Crippen LogP contribution in [0.3, 0.4) is 0 Å². The summed E-state index contributed by atoms with van der Waals surface area (Å²) in [6, 6.07) is 5.61. The Balaban J connectivity index is 0.00000147. The topological polar surface area (TPSA) is 63.2 Å². The fourth-order valence-electron chi connectivity index (χ4n) is 2.19. The number of aromatic nitrogens is 1. The smallest absolute Gasteiger partial charge is 0.243 e. The van der Waals surface area contributed by atoms with Gasteiger partial charge in [0.25, 0.3) is 0 Å². The van der Waals surface area contributed by atoms with E-state index in [4.69, 9.17) is 4.74 Å². The van der Waals surface area contributed by atoms with Crippen LogP contribution in [0.2, 0.25) is 0 Å². The lowest BCUT2D eigenvalue weighted by Crippen LogP contribution is -2.35. The van der Waals surface area contributed by atoms with Crippen molar-refractivity contribution in [1.82, 2.24) is 10.3 Å². The lowest BCUT2D eigenvalue weighted by Gasteiger charge is -2.08. The van der Waals surface area contributed by atoms with Gasteiger partial charge < -0.3 is 15.4 Å². The summed E-state index contributed by atoms with van der Waals surface area (Å²) in [5, 5.41) is 6.69. The Bertz CT molecular complexity index is 611. The maximum atomic E-state index is 12.0. The molecule has 0 saturated carbocycles. The Labute approximate surface area is 127 Å². The number of rotatable bonds is 3. The van der Waals surface area contributed by atoms with Crippen molar-refractivity contribution in [2.75, 3.05) is 19.0 Å². The van der Waals surface area contributed by atoms with E-state index in [-0.39, 0.29) is 24.4 Å². The fraction of sp³-hybridized carbons (Fsp3) is 0.385. The van der Waals surface area contributed by atoms with E-state index >= 15 is 0 Å². The molecular weight excluding hydrogens is 298 g/mol. The molecule has 0 bridgehead atoms. The van der Waals surface area contributed by atoms with Crippen molar-refractivity contribution in [1.29, 1.82) is 0 Å². The van der Waals surface area contributed by atoms with Crippen LogP contribution in [0, 0.1) is 0 Å². The van der Waals surface area contributed by atoms with E-state index in [0.717, 1.165) is 35.4 Å². The van der Waals surface area contributed by atoms with Crippen LogP contribution >= 0.6 is 23.7 Å². The van der Waals surface area contributed by atoms with Crippen LogP contribution in [0.1, 0.15) is 12.8 Å². The van der Waals surface area contributed by atoms with Crippen LogP contribution in [0.5, 0.6) is 5.75 Å². The number of hydrogen-bond donors (Lipinski definition) is 2. The second-order valence-corrected chi connectivity index (χ2v) is 5.52. The minimum atomic E-state index is -0.0819. The van der Waals surface area contributed by atoms with Gasteiger partial charge in [0.1, 0.15) is 5.75 Å². The molecule has 108 valence electrons.